The molecule has 0 spiro atoms. The maximum Gasteiger partial charge on any atom is 0.193 e. The summed E-state index contributed by atoms with van der Waals surface area (Å²) < 4.78 is 7.08. The third-order valence-electron chi connectivity index (χ3n) is 1.35. The molecule has 4 heteroatoms. The molecule has 2 aromatic rings. The number of hydrogen-bond acceptors (Lipinski definition) is 2. The van der Waals surface area contributed by atoms with E-state index in [0.29, 0.717) is 5.88 Å². The second-order valence-electron chi connectivity index (χ2n) is 2.03. The zero-order valence-corrected chi connectivity index (χ0v) is 7.20. The Morgan fingerprint density at radius 1 is 1.60 bits per heavy atom. The third-order valence-corrected chi connectivity index (χ3v) is 2.19. The van der Waals surface area contributed by atoms with E-state index in [4.69, 9.17) is 10.2 Å². The molecular formula is C6H5IN2O. The highest BCUT2D eigenvalue weighted by molar-refractivity contribution is 14.1. The van der Waals surface area contributed by atoms with Crippen molar-refractivity contribution in [2.45, 2.75) is 0 Å². The van der Waals surface area contributed by atoms with Crippen molar-refractivity contribution >= 4 is 39.8 Å². The zero-order valence-electron chi connectivity index (χ0n) is 5.04. The molecule has 0 bridgehead atoms. The smallest absolute Gasteiger partial charge is 0.193 e. The minimum Gasteiger partial charge on any atom is -0.439 e. The quantitative estimate of drug-likeness (QED) is 0.724. The van der Waals surface area contributed by atoms with Crippen LogP contribution in [0.2, 0.25) is 0 Å². The second kappa shape index (κ2) is 1.91. The van der Waals surface area contributed by atoms with Gasteiger partial charge in [-0.1, -0.05) is 0 Å². The molecule has 0 unspecified atom stereocenters. The van der Waals surface area contributed by atoms with Gasteiger partial charge in [0.2, 0.25) is 0 Å². The average molecular weight is 248 g/mol. The number of hydrogen-bond donors (Lipinski definition) is 1. The topological polar surface area (TPSA) is 44.1 Å². The summed E-state index contributed by atoms with van der Waals surface area (Å²) in [7, 11) is 0. The molecule has 2 aromatic heterocycles. The van der Waals surface area contributed by atoms with Crippen molar-refractivity contribution in [3.05, 3.63) is 18.3 Å². The molecule has 10 heavy (non-hydrogen) atoms. The number of anilines is 1. The summed E-state index contributed by atoms with van der Waals surface area (Å²) in [6.45, 7) is 0. The highest BCUT2D eigenvalue weighted by Crippen LogP contribution is 2.23. The molecule has 0 saturated carbocycles. The normalized spacial score (nSPS) is 10.9. The summed E-state index contributed by atoms with van der Waals surface area (Å²) in [4.78, 5) is 0. The molecular weight excluding hydrogens is 243 g/mol. The predicted octanol–water partition coefficient (Wildman–Crippen LogP) is 2.01. The Balaban J connectivity index is 2.90. The fourth-order valence-electron chi connectivity index (χ4n) is 0.914. The minimum absolute atomic E-state index is 0.469. The van der Waals surface area contributed by atoms with Crippen LogP contribution in [-0.2, 0) is 0 Å². The number of nitrogens with two attached hydrogens (primary N) is 1. The molecule has 2 rings (SSSR count). The van der Waals surface area contributed by atoms with Gasteiger partial charge in [0.15, 0.2) is 11.5 Å². The number of aromatic nitrogens is 1. The van der Waals surface area contributed by atoms with Gasteiger partial charge in [-0.05, 0) is 0 Å². The number of nitrogens with zero attached hydrogens (tertiary/aromatic N) is 1. The molecule has 2 heterocycles. The number of rotatable bonds is 0. The van der Waals surface area contributed by atoms with E-state index < -0.39 is 0 Å². The van der Waals surface area contributed by atoms with Gasteiger partial charge < -0.3 is 10.2 Å². The second-order valence-corrected chi connectivity index (χ2v) is 3.06. The lowest BCUT2D eigenvalue weighted by Gasteiger charge is -1.81. The Bertz CT molecular complexity index is 363. The SMILES string of the molecule is Nc1cc2c(ccn2I)o1. The minimum atomic E-state index is 0.469. The summed E-state index contributed by atoms with van der Waals surface area (Å²) in [6.07, 6.45) is 1.92. The number of furan rings is 1. The van der Waals surface area contributed by atoms with Gasteiger partial charge in [-0.15, -0.1) is 0 Å². The molecule has 0 saturated heterocycles. The first-order valence-electron chi connectivity index (χ1n) is 2.80. The van der Waals surface area contributed by atoms with E-state index in [9.17, 15) is 0 Å². The monoisotopic (exact) mass is 248 g/mol. The summed E-state index contributed by atoms with van der Waals surface area (Å²) in [5.41, 5.74) is 7.29. The Kier molecular flexibility index (Phi) is 1.17. The first-order valence-corrected chi connectivity index (χ1v) is 3.76. The highest BCUT2D eigenvalue weighted by atomic mass is 127. The molecule has 0 aliphatic heterocycles. The van der Waals surface area contributed by atoms with Crippen LogP contribution in [0.4, 0.5) is 5.88 Å². The van der Waals surface area contributed by atoms with Crippen LogP contribution in [0.25, 0.3) is 11.1 Å². The molecule has 0 aliphatic carbocycles. The van der Waals surface area contributed by atoms with Crippen molar-refractivity contribution in [2.75, 3.05) is 5.73 Å². The summed E-state index contributed by atoms with van der Waals surface area (Å²) in [5.74, 6) is 0.469. The van der Waals surface area contributed by atoms with Gasteiger partial charge in [-0.2, -0.15) is 0 Å². The van der Waals surface area contributed by atoms with E-state index in [-0.39, 0.29) is 0 Å². The van der Waals surface area contributed by atoms with E-state index in [1.54, 1.807) is 0 Å². The van der Waals surface area contributed by atoms with E-state index in [1.165, 1.54) is 0 Å². The molecule has 0 radical (unpaired) electrons. The van der Waals surface area contributed by atoms with Crippen molar-refractivity contribution in [1.29, 1.82) is 0 Å². The fourth-order valence-corrected chi connectivity index (χ4v) is 1.45. The van der Waals surface area contributed by atoms with E-state index in [1.807, 2.05) is 21.1 Å². The average Bonchev–Trinajstić information content (AvgIpc) is 2.35. The van der Waals surface area contributed by atoms with Crippen LogP contribution in [0.5, 0.6) is 0 Å². The largest absolute Gasteiger partial charge is 0.439 e. The Hall–Kier alpha value is -0.650. The lowest BCUT2D eigenvalue weighted by Crippen LogP contribution is -1.76. The van der Waals surface area contributed by atoms with Gasteiger partial charge in [-0.25, -0.2) is 0 Å². The molecule has 0 atom stereocenters. The summed E-state index contributed by atoms with van der Waals surface area (Å²) in [6, 6.07) is 3.69. The predicted molar refractivity (Wildman–Crippen MR) is 48.0 cm³/mol. The van der Waals surface area contributed by atoms with E-state index >= 15 is 0 Å². The van der Waals surface area contributed by atoms with Gasteiger partial charge in [0.1, 0.15) is 0 Å². The van der Waals surface area contributed by atoms with E-state index in [2.05, 4.69) is 22.9 Å². The molecule has 52 valence electrons. The number of halogens is 1. The maximum absolute atomic E-state index is 5.42. The van der Waals surface area contributed by atoms with Crippen LogP contribution in [0.1, 0.15) is 0 Å². The van der Waals surface area contributed by atoms with Crippen LogP contribution in [0.3, 0.4) is 0 Å². The van der Waals surface area contributed by atoms with Crippen LogP contribution in [0.15, 0.2) is 22.7 Å². The van der Waals surface area contributed by atoms with Crippen molar-refractivity contribution in [3.8, 4) is 0 Å². The standard InChI is InChI=1S/C6H5IN2O/c7-9-2-1-5-4(9)3-6(8)10-5/h1-3H,8H2. The summed E-state index contributed by atoms with van der Waals surface area (Å²) in [5, 5.41) is 0. The number of nitrogen functional groups attached to an aromatic ring is 1. The fraction of sp³-hybridized carbons (Fsp3) is 0. The van der Waals surface area contributed by atoms with Crippen molar-refractivity contribution < 1.29 is 4.42 Å². The lowest BCUT2D eigenvalue weighted by molar-refractivity contribution is 0.638. The van der Waals surface area contributed by atoms with Gasteiger partial charge in [0.25, 0.3) is 0 Å². The Morgan fingerprint density at radius 2 is 2.40 bits per heavy atom. The van der Waals surface area contributed by atoms with Crippen LogP contribution >= 0.6 is 22.9 Å². The zero-order chi connectivity index (χ0) is 7.14. The Labute approximate surface area is 71.3 Å². The summed E-state index contributed by atoms with van der Waals surface area (Å²) >= 11 is 2.17. The lowest BCUT2D eigenvalue weighted by atomic mass is 10.5. The molecule has 2 N–H and O–H groups in total. The van der Waals surface area contributed by atoms with Crippen LogP contribution < -0.4 is 5.73 Å². The number of fused-ring (bicyclic) bond motifs is 1. The molecule has 0 aliphatic rings. The Morgan fingerprint density at radius 3 is 3.10 bits per heavy atom. The van der Waals surface area contributed by atoms with Gasteiger partial charge in [0.05, 0.1) is 28.4 Å². The van der Waals surface area contributed by atoms with Crippen LogP contribution in [-0.4, -0.2) is 2.78 Å². The first kappa shape index (κ1) is 6.09. The molecule has 0 amide bonds. The van der Waals surface area contributed by atoms with E-state index in [0.717, 1.165) is 11.1 Å². The van der Waals surface area contributed by atoms with Crippen LogP contribution in [0, 0.1) is 0 Å². The molecule has 3 nitrogen and oxygen atoms in total. The molecule has 0 aromatic carbocycles. The maximum atomic E-state index is 5.42. The molecule has 0 fully saturated rings. The van der Waals surface area contributed by atoms with Crippen molar-refractivity contribution in [3.63, 3.8) is 0 Å². The van der Waals surface area contributed by atoms with Gasteiger partial charge in [-0.3, -0.25) is 2.78 Å². The van der Waals surface area contributed by atoms with Gasteiger partial charge in [0, 0.05) is 18.3 Å². The van der Waals surface area contributed by atoms with Crippen molar-refractivity contribution in [1.82, 2.24) is 2.78 Å². The third kappa shape index (κ3) is 0.716. The first-order chi connectivity index (χ1) is 4.77. The van der Waals surface area contributed by atoms with Gasteiger partial charge >= 0.3 is 0 Å². The highest BCUT2D eigenvalue weighted by Gasteiger charge is 2.02. The van der Waals surface area contributed by atoms with Crippen molar-refractivity contribution in [2.24, 2.45) is 0 Å².